The van der Waals surface area contributed by atoms with Gasteiger partial charge in [-0.15, -0.1) is 13.2 Å². The van der Waals surface area contributed by atoms with Crippen molar-refractivity contribution in [3.05, 3.63) is 58.1 Å². The molecule has 1 unspecified atom stereocenters. The van der Waals surface area contributed by atoms with Crippen LogP contribution in [0.2, 0.25) is 10.0 Å². The molecule has 0 aliphatic heterocycles. The molecule has 0 heterocycles. The van der Waals surface area contributed by atoms with Crippen LogP contribution < -0.4 is 9.46 Å². The zero-order chi connectivity index (χ0) is 19.5. The van der Waals surface area contributed by atoms with E-state index in [4.69, 9.17) is 23.2 Å². The second-order valence-corrected chi connectivity index (χ2v) is 7.58. The monoisotopic (exact) mass is 429 g/mol. The van der Waals surface area contributed by atoms with Gasteiger partial charge in [0.2, 0.25) is 10.0 Å². The molecule has 2 aromatic rings. The van der Waals surface area contributed by atoms with Gasteiger partial charge in [0.25, 0.3) is 0 Å². The SMILES string of the molecule is O=S(=O)(NC(CO)c1ccc(Cl)c(Cl)c1)c1ccc(OC(F)(F)F)cc1. The number of sulfonamides is 1. The molecule has 26 heavy (non-hydrogen) atoms. The Morgan fingerprint density at radius 3 is 2.19 bits per heavy atom. The van der Waals surface area contributed by atoms with Crippen LogP contribution in [0.5, 0.6) is 5.75 Å². The smallest absolute Gasteiger partial charge is 0.406 e. The van der Waals surface area contributed by atoms with Gasteiger partial charge in [-0.25, -0.2) is 13.1 Å². The van der Waals surface area contributed by atoms with E-state index in [1.165, 1.54) is 18.2 Å². The van der Waals surface area contributed by atoms with Gasteiger partial charge in [-0.1, -0.05) is 29.3 Å². The average molecular weight is 430 g/mol. The third-order valence-electron chi connectivity index (χ3n) is 3.19. The summed E-state index contributed by atoms with van der Waals surface area (Å²) in [5.41, 5.74) is 0.363. The average Bonchev–Trinajstić information content (AvgIpc) is 2.54. The van der Waals surface area contributed by atoms with E-state index < -0.39 is 34.8 Å². The summed E-state index contributed by atoms with van der Waals surface area (Å²) in [5.74, 6) is -0.556. The highest BCUT2D eigenvalue weighted by Gasteiger charge is 2.31. The third-order valence-corrected chi connectivity index (χ3v) is 5.42. The molecule has 11 heteroatoms. The maximum atomic E-state index is 12.4. The first-order valence-electron chi connectivity index (χ1n) is 6.96. The van der Waals surface area contributed by atoms with E-state index in [-0.39, 0.29) is 14.9 Å². The molecule has 1 atom stereocenters. The molecule has 2 rings (SSSR count). The van der Waals surface area contributed by atoms with Gasteiger partial charge in [0.15, 0.2) is 0 Å². The van der Waals surface area contributed by atoms with E-state index >= 15 is 0 Å². The van der Waals surface area contributed by atoms with Gasteiger partial charge in [-0.05, 0) is 42.0 Å². The lowest BCUT2D eigenvalue weighted by atomic mass is 10.1. The Labute approximate surface area is 157 Å². The molecule has 142 valence electrons. The van der Waals surface area contributed by atoms with Gasteiger partial charge < -0.3 is 9.84 Å². The summed E-state index contributed by atoms with van der Waals surface area (Å²) in [6.07, 6.45) is -4.88. The summed E-state index contributed by atoms with van der Waals surface area (Å²) in [4.78, 5) is -0.300. The Bertz CT molecular complexity index is 873. The normalized spacial score (nSPS) is 13.5. The fourth-order valence-corrected chi connectivity index (χ4v) is 3.54. The van der Waals surface area contributed by atoms with Crippen LogP contribution in [0, 0.1) is 0 Å². The van der Waals surface area contributed by atoms with Crippen molar-refractivity contribution in [3.8, 4) is 5.75 Å². The molecule has 0 fully saturated rings. The summed E-state index contributed by atoms with van der Waals surface area (Å²) in [6, 6.07) is 6.94. The first-order valence-corrected chi connectivity index (χ1v) is 9.20. The Morgan fingerprint density at radius 1 is 1.08 bits per heavy atom. The summed E-state index contributed by atoms with van der Waals surface area (Å²) in [7, 11) is -4.13. The Morgan fingerprint density at radius 2 is 1.69 bits per heavy atom. The Hall–Kier alpha value is -1.52. The van der Waals surface area contributed by atoms with Gasteiger partial charge in [-0.2, -0.15) is 0 Å². The number of benzene rings is 2. The highest BCUT2D eigenvalue weighted by atomic mass is 35.5. The first kappa shape index (κ1) is 20.8. The second kappa shape index (κ2) is 8.01. The lowest BCUT2D eigenvalue weighted by Gasteiger charge is -2.18. The molecule has 2 N–H and O–H groups in total. The molecule has 0 bridgehead atoms. The summed E-state index contributed by atoms with van der Waals surface area (Å²) in [5, 5.41) is 9.91. The van der Waals surface area contributed by atoms with E-state index in [0.29, 0.717) is 5.56 Å². The number of ether oxygens (including phenoxy) is 1. The van der Waals surface area contributed by atoms with Crippen LogP contribution in [0.3, 0.4) is 0 Å². The molecule has 0 aliphatic rings. The van der Waals surface area contributed by atoms with Gasteiger partial charge >= 0.3 is 6.36 Å². The van der Waals surface area contributed by atoms with Crippen LogP contribution in [-0.2, 0) is 10.0 Å². The van der Waals surface area contributed by atoms with Crippen LogP contribution >= 0.6 is 23.2 Å². The largest absolute Gasteiger partial charge is 0.573 e. The van der Waals surface area contributed by atoms with Crippen molar-refractivity contribution >= 4 is 33.2 Å². The van der Waals surface area contributed by atoms with Gasteiger partial charge in [0.1, 0.15) is 5.75 Å². The molecule has 0 saturated carbocycles. The van der Waals surface area contributed by atoms with Crippen molar-refractivity contribution in [3.63, 3.8) is 0 Å². The van der Waals surface area contributed by atoms with Crippen molar-refractivity contribution in [2.45, 2.75) is 17.3 Å². The Kier molecular flexibility index (Phi) is 6.41. The lowest BCUT2D eigenvalue weighted by molar-refractivity contribution is -0.274. The van der Waals surface area contributed by atoms with E-state index in [9.17, 15) is 26.7 Å². The number of hydrogen-bond donors (Lipinski definition) is 2. The standard InChI is InChI=1S/C15H12Cl2F3NO4S/c16-12-6-1-9(7-13(12)17)14(8-22)21-26(23,24)11-4-2-10(3-5-11)25-15(18,19)20/h1-7,14,21-22H,8H2. The number of alkyl halides is 3. The number of nitrogens with one attached hydrogen (secondary N) is 1. The highest BCUT2D eigenvalue weighted by Crippen LogP contribution is 2.27. The van der Waals surface area contributed by atoms with Crippen molar-refractivity contribution in [1.29, 1.82) is 0 Å². The van der Waals surface area contributed by atoms with E-state index in [0.717, 1.165) is 24.3 Å². The summed E-state index contributed by atoms with van der Waals surface area (Å²) < 4.78 is 67.1. The summed E-state index contributed by atoms with van der Waals surface area (Å²) >= 11 is 11.7. The number of hydrogen-bond acceptors (Lipinski definition) is 4. The van der Waals surface area contributed by atoms with Crippen LogP contribution in [0.25, 0.3) is 0 Å². The molecular formula is C15H12Cl2F3NO4S. The molecule has 0 aliphatic carbocycles. The minimum atomic E-state index is -4.88. The molecule has 0 aromatic heterocycles. The maximum Gasteiger partial charge on any atom is 0.573 e. The molecular weight excluding hydrogens is 418 g/mol. The first-order chi connectivity index (χ1) is 12.0. The quantitative estimate of drug-likeness (QED) is 0.729. The molecule has 0 radical (unpaired) electrons. The molecule has 0 spiro atoms. The fraction of sp³-hybridized carbons (Fsp3) is 0.200. The fourth-order valence-electron chi connectivity index (χ4n) is 2.02. The number of aliphatic hydroxyl groups excluding tert-OH is 1. The molecule has 2 aromatic carbocycles. The van der Waals surface area contributed by atoms with Crippen LogP contribution in [0.1, 0.15) is 11.6 Å². The number of aliphatic hydroxyl groups is 1. The van der Waals surface area contributed by atoms with Crippen molar-refractivity contribution in [2.24, 2.45) is 0 Å². The van der Waals surface area contributed by atoms with Gasteiger partial charge in [-0.3, -0.25) is 0 Å². The predicted octanol–water partition coefficient (Wildman–Crippen LogP) is 3.90. The number of rotatable bonds is 6. The topological polar surface area (TPSA) is 75.6 Å². The van der Waals surface area contributed by atoms with Crippen LogP contribution in [-0.4, -0.2) is 26.5 Å². The van der Waals surface area contributed by atoms with E-state index in [1.54, 1.807) is 0 Å². The second-order valence-electron chi connectivity index (χ2n) is 5.05. The van der Waals surface area contributed by atoms with Crippen LogP contribution in [0.15, 0.2) is 47.4 Å². The maximum absolute atomic E-state index is 12.4. The minimum Gasteiger partial charge on any atom is -0.406 e. The third kappa shape index (κ3) is 5.49. The van der Waals surface area contributed by atoms with Crippen molar-refractivity contribution < 1.29 is 31.4 Å². The zero-order valence-electron chi connectivity index (χ0n) is 12.8. The van der Waals surface area contributed by atoms with Gasteiger partial charge in [0.05, 0.1) is 27.6 Å². The lowest BCUT2D eigenvalue weighted by Crippen LogP contribution is -2.30. The van der Waals surface area contributed by atoms with E-state index in [2.05, 4.69) is 9.46 Å². The van der Waals surface area contributed by atoms with Gasteiger partial charge in [0, 0.05) is 0 Å². The van der Waals surface area contributed by atoms with Crippen molar-refractivity contribution in [1.82, 2.24) is 4.72 Å². The molecule has 0 amide bonds. The predicted molar refractivity (Wildman–Crippen MR) is 89.7 cm³/mol. The molecule has 0 saturated heterocycles. The highest BCUT2D eigenvalue weighted by molar-refractivity contribution is 7.89. The Balaban J connectivity index is 2.21. The van der Waals surface area contributed by atoms with Crippen molar-refractivity contribution in [2.75, 3.05) is 6.61 Å². The molecule has 5 nitrogen and oxygen atoms in total. The van der Waals surface area contributed by atoms with E-state index in [1.807, 2.05) is 0 Å². The number of halogens is 5. The zero-order valence-corrected chi connectivity index (χ0v) is 15.1. The van der Waals surface area contributed by atoms with Crippen LogP contribution in [0.4, 0.5) is 13.2 Å². The summed E-state index contributed by atoms with van der Waals surface area (Å²) in [6.45, 7) is -0.577. The minimum absolute atomic E-state index is 0.176.